The first-order valence-corrected chi connectivity index (χ1v) is 3.37. The molecule has 0 rings (SSSR count). The van der Waals surface area contributed by atoms with E-state index in [1.54, 1.807) is 18.2 Å². The van der Waals surface area contributed by atoms with Gasteiger partial charge in [0.15, 0.2) is 0 Å². The summed E-state index contributed by atoms with van der Waals surface area (Å²) in [4.78, 5) is 10.7. The number of carbonyl (C=O) groups is 1. The van der Waals surface area contributed by atoms with Gasteiger partial charge < -0.3 is 5.73 Å². The fourth-order valence-electron chi connectivity index (χ4n) is 0.646. The molecule has 0 unspecified atom stereocenters. The van der Waals surface area contributed by atoms with Crippen molar-refractivity contribution in [3.8, 4) is 0 Å². The molecule has 0 aliphatic heterocycles. The van der Waals surface area contributed by atoms with Crippen LogP contribution in [-0.4, -0.2) is 5.91 Å². The highest BCUT2D eigenvalue weighted by Crippen LogP contribution is 2.00. The fraction of sp³-hybridized carbons (Fsp3) is 0.222. The Bertz CT molecular complexity index is 224. The number of carbonyl (C=O) groups excluding carboxylic acids is 1. The van der Waals surface area contributed by atoms with Gasteiger partial charge in [-0.25, -0.2) is 0 Å². The van der Waals surface area contributed by atoms with Crippen LogP contribution in [0.25, 0.3) is 0 Å². The Labute approximate surface area is 67.1 Å². The first-order valence-electron chi connectivity index (χ1n) is 3.37. The van der Waals surface area contributed by atoms with Crippen LogP contribution in [0.5, 0.6) is 0 Å². The van der Waals surface area contributed by atoms with Gasteiger partial charge in [0.2, 0.25) is 5.91 Å². The van der Waals surface area contributed by atoms with Gasteiger partial charge in [0.1, 0.15) is 0 Å². The SMILES string of the molecule is C=C(C)/C=C(\C=C/C)C(N)=O. The van der Waals surface area contributed by atoms with Crippen LogP contribution in [-0.2, 0) is 4.79 Å². The molecule has 0 heterocycles. The van der Waals surface area contributed by atoms with E-state index in [1.165, 1.54) is 0 Å². The molecule has 0 bridgehead atoms. The smallest absolute Gasteiger partial charge is 0.248 e. The van der Waals surface area contributed by atoms with E-state index >= 15 is 0 Å². The summed E-state index contributed by atoms with van der Waals surface area (Å²) in [5, 5.41) is 0. The summed E-state index contributed by atoms with van der Waals surface area (Å²) in [6.45, 7) is 7.28. The molecular weight excluding hydrogens is 138 g/mol. The van der Waals surface area contributed by atoms with Crippen molar-refractivity contribution in [2.75, 3.05) is 0 Å². The number of hydrogen-bond acceptors (Lipinski definition) is 1. The summed E-state index contributed by atoms with van der Waals surface area (Å²) in [6.07, 6.45) is 5.08. The van der Waals surface area contributed by atoms with Crippen LogP contribution < -0.4 is 5.73 Å². The summed E-state index contributed by atoms with van der Waals surface area (Å²) < 4.78 is 0. The minimum absolute atomic E-state index is 0.425. The zero-order valence-electron chi connectivity index (χ0n) is 6.92. The molecule has 2 nitrogen and oxygen atoms in total. The number of allylic oxidation sites excluding steroid dienone is 3. The number of hydrogen-bond donors (Lipinski definition) is 1. The Morgan fingerprint density at radius 3 is 2.36 bits per heavy atom. The van der Waals surface area contributed by atoms with E-state index in [4.69, 9.17) is 5.73 Å². The predicted molar refractivity (Wildman–Crippen MR) is 46.9 cm³/mol. The van der Waals surface area contributed by atoms with Gasteiger partial charge in [-0.05, 0) is 19.9 Å². The van der Waals surface area contributed by atoms with Crippen molar-refractivity contribution < 1.29 is 4.79 Å². The average Bonchev–Trinajstić information content (AvgIpc) is 1.86. The average molecular weight is 151 g/mol. The third-order valence-corrected chi connectivity index (χ3v) is 1.03. The Balaban J connectivity index is 4.59. The Hall–Kier alpha value is -1.31. The quantitative estimate of drug-likeness (QED) is 0.482. The lowest BCUT2D eigenvalue weighted by Crippen LogP contribution is -2.12. The van der Waals surface area contributed by atoms with Crippen molar-refractivity contribution in [2.45, 2.75) is 13.8 Å². The summed E-state index contributed by atoms with van der Waals surface area (Å²) in [7, 11) is 0. The van der Waals surface area contributed by atoms with Crippen LogP contribution in [0, 0.1) is 0 Å². The van der Waals surface area contributed by atoms with Gasteiger partial charge in [0.05, 0.1) is 0 Å². The minimum atomic E-state index is -0.425. The normalized spacial score (nSPS) is 12.0. The molecule has 0 aliphatic rings. The molecule has 0 aromatic heterocycles. The molecule has 0 atom stereocenters. The molecule has 11 heavy (non-hydrogen) atoms. The molecule has 0 spiro atoms. The maximum atomic E-state index is 10.7. The van der Waals surface area contributed by atoms with Crippen LogP contribution in [0.4, 0.5) is 0 Å². The predicted octanol–water partition coefficient (Wildman–Crippen LogP) is 1.55. The van der Waals surface area contributed by atoms with Crippen LogP contribution >= 0.6 is 0 Å². The molecule has 1 amide bonds. The summed E-state index contributed by atoms with van der Waals surface area (Å²) in [5.74, 6) is -0.425. The fourth-order valence-corrected chi connectivity index (χ4v) is 0.646. The topological polar surface area (TPSA) is 43.1 Å². The number of amides is 1. The highest BCUT2D eigenvalue weighted by Gasteiger charge is 1.97. The largest absolute Gasteiger partial charge is 0.366 e. The summed E-state index contributed by atoms with van der Waals surface area (Å²) in [5.41, 5.74) is 6.37. The first kappa shape index (κ1) is 9.69. The number of primary amides is 1. The van der Waals surface area contributed by atoms with Gasteiger partial charge in [-0.15, -0.1) is 0 Å². The minimum Gasteiger partial charge on any atom is -0.366 e. The van der Waals surface area contributed by atoms with Gasteiger partial charge >= 0.3 is 0 Å². The Kier molecular flexibility index (Phi) is 3.96. The Morgan fingerprint density at radius 1 is 1.55 bits per heavy atom. The second-order valence-electron chi connectivity index (χ2n) is 2.31. The first-order chi connectivity index (χ1) is 5.07. The van der Waals surface area contributed by atoms with E-state index in [9.17, 15) is 4.79 Å². The molecule has 2 N–H and O–H groups in total. The second kappa shape index (κ2) is 4.50. The standard InChI is InChI=1S/C9H13NO/c1-4-5-8(9(10)11)6-7(2)3/h4-6H,2H2,1,3H3,(H2,10,11)/b5-4-,8-6+. The van der Waals surface area contributed by atoms with E-state index in [2.05, 4.69) is 6.58 Å². The maximum absolute atomic E-state index is 10.7. The molecule has 0 aromatic rings. The van der Waals surface area contributed by atoms with Crippen molar-refractivity contribution in [3.63, 3.8) is 0 Å². The van der Waals surface area contributed by atoms with Crippen LogP contribution in [0.2, 0.25) is 0 Å². The summed E-state index contributed by atoms with van der Waals surface area (Å²) in [6, 6.07) is 0. The van der Waals surface area contributed by atoms with E-state index < -0.39 is 5.91 Å². The summed E-state index contributed by atoms with van der Waals surface area (Å²) >= 11 is 0. The molecule has 0 aliphatic carbocycles. The van der Waals surface area contributed by atoms with Crippen molar-refractivity contribution >= 4 is 5.91 Å². The van der Waals surface area contributed by atoms with Gasteiger partial charge in [-0.2, -0.15) is 0 Å². The maximum Gasteiger partial charge on any atom is 0.248 e. The molecule has 2 heteroatoms. The highest BCUT2D eigenvalue weighted by molar-refractivity contribution is 5.95. The molecule has 0 saturated carbocycles. The van der Waals surface area contributed by atoms with Crippen molar-refractivity contribution in [2.24, 2.45) is 5.73 Å². The van der Waals surface area contributed by atoms with Crippen LogP contribution in [0.15, 0.2) is 36.0 Å². The third-order valence-electron chi connectivity index (χ3n) is 1.03. The van der Waals surface area contributed by atoms with E-state index in [1.807, 2.05) is 13.8 Å². The van der Waals surface area contributed by atoms with Crippen molar-refractivity contribution in [1.29, 1.82) is 0 Å². The van der Waals surface area contributed by atoms with Crippen LogP contribution in [0.3, 0.4) is 0 Å². The molecule has 0 radical (unpaired) electrons. The van der Waals surface area contributed by atoms with Gasteiger partial charge in [0, 0.05) is 5.57 Å². The third kappa shape index (κ3) is 4.14. The van der Waals surface area contributed by atoms with E-state index in [-0.39, 0.29) is 0 Å². The number of nitrogens with two attached hydrogens (primary N) is 1. The monoisotopic (exact) mass is 151 g/mol. The lowest BCUT2D eigenvalue weighted by Gasteiger charge is -1.94. The van der Waals surface area contributed by atoms with Gasteiger partial charge in [-0.1, -0.05) is 24.3 Å². The number of rotatable bonds is 3. The Morgan fingerprint density at radius 2 is 2.09 bits per heavy atom. The zero-order valence-corrected chi connectivity index (χ0v) is 6.92. The van der Waals surface area contributed by atoms with E-state index in [0.717, 1.165) is 5.57 Å². The molecular formula is C9H13NO. The lowest BCUT2D eigenvalue weighted by atomic mass is 10.1. The van der Waals surface area contributed by atoms with Crippen molar-refractivity contribution in [1.82, 2.24) is 0 Å². The van der Waals surface area contributed by atoms with E-state index in [0.29, 0.717) is 5.57 Å². The lowest BCUT2D eigenvalue weighted by molar-refractivity contribution is -0.114. The highest BCUT2D eigenvalue weighted by atomic mass is 16.1. The van der Waals surface area contributed by atoms with Crippen LogP contribution in [0.1, 0.15) is 13.8 Å². The molecule has 0 saturated heterocycles. The van der Waals surface area contributed by atoms with Gasteiger partial charge in [-0.3, -0.25) is 4.79 Å². The molecule has 60 valence electrons. The zero-order chi connectivity index (χ0) is 8.85. The van der Waals surface area contributed by atoms with Gasteiger partial charge in [0.25, 0.3) is 0 Å². The molecule has 0 aromatic carbocycles. The second-order valence-corrected chi connectivity index (χ2v) is 2.31. The molecule has 0 fully saturated rings. The van der Waals surface area contributed by atoms with Crippen molar-refractivity contribution in [3.05, 3.63) is 36.0 Å².